The van der Waals surface area contributed by atoms with Crippen LogP contribution in [0.15, 0.2) is 49.1 Å². The summed E-state index contributed by atoms with van der Waals surface area (Å²) in [5, 5.41) is 9.22. The van der Waals surface area contributed by atoms with Crippen molar-refractivity contribution >= 4 is 5.97 Å². The summed E-state index contributed by atoms with van der Waals surface area (Å²) < 4.78 is 11.0. The first-order chi connectivity index (χ1) is 14.1. The van der Waals surface area contributed by atoms with E-state index >= 15 is 0 Å². The lowest BCUT2D eigenvalue weighted by atomic mass is 9.93. The maximum Gasteiger partial charge on any atom is 0.330 e. The molecule has 0 radical (unpaired) electrons. The fraction of sp³-hybridized carbons (Fsp3) is 0.400. The van der Waals surface area contributed by atoms with E-state index in [4.69, 9.17) is 9.47 Å². The van der Waals surface area contributed by atoms with Gasteiger partial charge in [0.05, 0.1) is 0 Å². The predicted molar refractivity (Wildman–Crippen MR) is 117 cm³/mol. The van der Waals surface area contributed by atoms with Crippen molar-refractivity contribution in [3.8, 4) is 16.9 Å². The Morgan fingerprint density at radius 3 is 2.45 bits per heavy atom. The van der Waals surface area contributed by atoms with Crippen molar-refractivity contribution in [1.29, 1.82) is 0 Å². The van der Waals surface area contributed by atoms with Gasteiger partial charge in [-0.25, -0.2) is 4.79 Å². The second kappa shape index (κ2) is 12.1. The lowest BCUT2D eigenvalue weighted by molar-refractivity contribution is -0.138. The van der Waals surface area contributed by atoms with Gasteiger partial charge in [-0.2, -0.15) is 0 Å². The Balaban J connectivity index is 2.32. The lowest BCUT2D eigenvalue weighted by Crippen LogP contribution is -2.11. The molecule has 29 heavy (non-hydrogen) atoms. The first kappa shape index (κ1) is 22.7. The van der Waals surface area contributed by atoms with Gasteiger partial charge < -0.3 is 14.6 Å². The van der Waals surface area contributed by atoms with E-state index in [-0.39, 0.29) is 19.8 Å². The zero-order valence-corrected chi connectivity index (χ0v) is 17.6. The Morgan fingerprint density at radius 1 is 1.07 bits per heavy atom. The standard InChI is InChI=1S/C25H32O4/c1-4-8-19-10-12-21(13-11-19)23-17-20(5-2)22(9-7-14-26)18-24(23)28-15-16-29-25(27)6-3/h6,10-13,17-18,26H,3-5,7-9,14-16H2,1-2H3. The highest BCUT2D eigenvalue weighted by Crippen LogP contribution is 2.34. The van der Waals surface area contributed by atoms with Crippen molar-refractivity contribution in [1.82, 2.24) is 0 Å². The highest BCUT2D eigenvalue weighted by Gasteiger charge is 2.13. The topological polar surface area (TPSA) is 55.8 Å². The largest absolute Gasteiger partial charge is 0.489 e. The number of benzene rings is 2. The van der Waals surface area contributed by atoms with Crippen LogP contribution in [-0.4, -0.2) is 30.9 Å². The van der Waals surface area contributed by atoms with Crippen molar-refractivity contribution in [2.24, 2.45) is 0 Å². The third kappa shape index (κ3) is 6.75. The Bertz CT molecular complexity index is 793. The van der Waals surface area contributed by atoms with Crippen LogP contribution in [0.3, 0.4) is 0 Å². The Hall–Kier alpha value is -2.59. The van der Waals surface area contributed by atoms with E-state index in [1.807, 2.05) is 0 Å². The molecule has 156 valence electrons. The number of aryl methyl sites for hydroxylation is 3. The molecule has 4 heteroatoms. The SMILES string of the molecule is C=CC(=O)OCCOc1cc(CCCO)c(CC)cc1-c1ccc(CCC)cc1. The van der Waals surface area contributed by atoms with Crippen LogP contribution in [0.1, 0.15) is 43.4 Å². The molecule has 0 saturated heterocycles. The zero-order chi connectivity index (χ0) is 21.1. The first-order valence-corrected chi connectivity index (χ1v) is 10.4. The van der Waals surface area contributed by atoms with Crippen LogP contribution in [0, 0.1) is 0 Å². The second-order valence-corrected chi connectivity index (χ2v) is 6.96. The summed E-state index contributed by atoms with van der Waals surface area (Å²) in [5.41, 5.74) is 5.91. The smallest absolute Gasteiger partial charge is 0.330 e. The minimum Gasteiger partial charge on any atom is -0.489 e. The minimum atomic E-state index is -0.453. The third-order valence-electron chi connectivity index (χ3n) is 4.84. The number of hydrogen-bond acceptors (Lipinski definition) is 4. The Morgan fingerprint density at radius 2 is 1.83 bits per heavy atom. The number of ether oxygens (including phenoxy) is 2. The summed E-state index contributed by atoms with van der Waals surface area (Å²) in [4.78, 5) is 11.2. The molecule has 0 fully saturated rings. The maximum atomic E-state index is 11.2. The average molecular weight is 397 g/mol. The molecule has 4 nitrogen and oxygen atoms in total. The van der Waals surface area contributed by atoms with Crippen molar-refractivity contribution in [2.75, 3.05) is 19.8 Å². The van der Waals surface area contributed by atoms with E-state index in [0.29, 0.717) is 6.42 Å². The van der Waals surface area contributed by atoms with Crippen molar-refractivity contribution in [3.63, 3.8) is 0 Å². The minimum absolute atomic E-state index is 0.164. The number of esters is 1. The van der Waals surface area contributed by atoms with Gasteiger partial charge in [0.2, 0.25) is 0 Å². The van der Waals surface area contributed by atoms with Crippen LogP contribution in [0.2, 0.25) is 0 Å². The molecule has 2 aromatic rings. The first-order valence-electron chi connectivity index (χ1n) is 10.4. The molecule has 1 N–H and O–H groups in total. The molecule has 0 saturated carbocycles. The van der Waals surface area contributed by atoms with Crippen LogP contribution in [-0.2, 0) is 28.8 Å². The molecule has 0 unspecified atom stereocenters. The van der Waals surface area contributed by atoms with E-state index in [9.17, 15) is 9.90 Å². The summed E-state index contributed by atoms with van der Waals surface area (Å²) in [7, 11) is 0. The second-order valence-electron chi connectivity index (χ2n) is 6.96. The van der Waals surface area contributed by atoms with Crippen molar-refractivity contribution < 1.29 is 19.4 Å². The molecule has 0 aliphatic carbocycles. The monoisotopic (exact) mass is 396 g/mol. The van der Waals surface area contributed by atoms with Crippen LogP contribution in [0.5, 0.6) is 5.75 Å². The summed E-state index contributed by atoms with van der Waals surface area (Å²) in [5.74, 6) is 0.318. The zero-order valence-electron chi connectivity index (χ0n) is 17.6. The van der Waals surface area contributed by atoms with Gasteiger partial charge >= 0.3 is 5.97 Å². The quantitative estimate of drug-likeness (QED) is 0.315. The molecular weight excluding hydrogens is 364 g/mol. The van der Waals surface area contributed by atoms with Gasteiger partial charge in [0, 0.05) is 18.2 Å². The number of carbonyl (C=O) groups is 1. The average Bonchev–Trinajstić information content (AvgIpc) is 2.75. The van der Waals surface area contributed by atoms with Gasteiger partial charge in [-0.1, -0.05) is 51.1 Å². The molecule has 0 spiro atoms. The van der Waals surface area contributed by atoms with Crippen LogP contribution >= 0.6 is 0 Å². The van der Waals surface area contributed by atoms with Crippen LogP contribution in [0.25, 0.3) is 11.1 Å². The maximum absolute atomic E-state index is 11.2. The lowest BCUT2D eigenvalue weighted by Gasteiger charge is -2.17. The van der Waals surface area contributed by atoms with Gasteiger partial charge in [-0.15, -0.1) is 0 Å². The van der Waals surface area contributed by atoms with Gasteiger partial charge in [-0.3, -0.25) is 0 Å². The highest BCUT2D eigenvalue weighted by molar-refractivity contribution is 5.81. The molecule has 0 heterocycles. The molecule has 0 aromatic heterocycles. The fourth-order valence-electron chi connectivity index (χ4n) is 3.34. The number of carbonyl (C=O) groups excluding carboxylic acids is 1. The van der Waals surface area contributed by atoms with Crippen LogP contribution < -0.4 is 4.74 Å². The van der Waals surface area contributed by atoms with Gasteiger partial charge in [0.15, 0.2) is 0 Å². The van der Waals surface area contributed by atoms with Crippen LogP contribution in [0.4, 0.5) is 0 Å². The Kier molecular flexibility index (Phi) is 9.45. The van der Waals surface area contributed by atoms with E-state index in [1.165, 1.54) is 16.7 Å². The van der Waals surface area contributed by atoms with Crippen molar-refractivity contribution in [2.45, 2.75) is 46.0 Å². The summed E-state index contributed by atoms with van der Waals surface area (Å²) in [6.45, 7) is 8.31. The fourth-order valence-corrected chi connectivity index (χ4v) is 3.34. The number of hydrogen-bond donors (Lipinski definition) is 1. The molecule has 0 amide bonds. The summed E-state index contributed by atoms with van der Waals surface area (Å²) >= 11 is 0. The van der Waals surface area contributed by atoms with E-state index in [0.717, 1.165) is 48.6 Å². The molecule has 0 atom stereocenters. The normalized spacial score (nSPS) is 10.6. The Labute approximate surface area is 174 Å². The summed E-state index contributed by atoms with van der Waals surface area (Å²) in [6.07, 6.45) is 5.77. The van der Waals surface area contributed by atoms with Gasteiger partial charge in [-0.05, 0) is 60.1 Å². The number of aliphatic hydroxyl groups is 1. The molecular formula is C25H32O4. The van der Waals surface area contributed by atoms with E-state index < -0.39 is 5.97 Å². The number of rotatable bonds is 12. The number of aliphatic hydroxyl groups excluding tert-OH is 1. The van der Waals surface area contributed by atoms with Crippen molar-refractivity contribution in [3.05, 3.63) is 65.7 Å². The van der Waals surface area contributed by atoms with E-state index in [1.54, 1.807) is 0 Å². The molecule has 0 bridgehead atoms. The van der Waals surface area contributed by atoms with Gasteiger partial charge in [0.25, 0.3) is 0 Å². The summed E-state index contributed by atoms with van der Waals surface area (Å²) in [6, 6.07) is 12.9. The third-order valence-corrected chi connectivity index (χ3v) is 4.84. The predicted octanol–water partition coefficient (Wildman–Crippen LogP) is 4.90. The molecule has 0 aliphatic heterocycles. The molecule has 2 rings (SSSR count). The van der Waals surface area contributed by atoms with E-state index in [2.05, 4.69) is 56.8 Å². The molecule has 2 aromatic carbocycles. The van der Waals surface area contributed by atoms with Gasteiger partial charge in [0.1, 0.15) is 19.0 Å². The molecule has 0 aliphatic rings. The highest BCUT2D eigenvalue weighted by atomic mass is 16.6.